The van der Waals surface area contributed by atoms with Gasteiger partial charge in [0.25, 0.3) is 5.91 Å². The molecule has 0 atom stereocenters. The van der Waals surface area contributed by atoms with Crippen LogP contribution in [-0.2, 0) is 13.2 Å². The molecular weight excluding hydrogens is 462 g/mol. The van der Waals surface area contributed by atoms with Gasteiger partial charge in [0.2, 0.25) is 0 Å². The summed E-state index contributed by atoms with van der Waals surface area (Å²) in [4.78, 5) is 12.6. The molecule has 0 unspecified atom stereocenters. The zero-order chi connectivity index (χ0) is 21.6. The van der Waals surface area contributed by atoms with Crippen LogP contribution in [0.5, 0.6) is 11.5 Å². The van der Waals surface area contributed by atoms with Crippen LogP contribution in [0.2, 0.25) is 0 Å². The molecule has 0 radical (unpaired) electrons. The molecule has 0 fully saturated rings. The third-order valence-electron chi connectivity index (χ3n) is 4.44. The van der Waals surface area contributed by atoms with Crippen molar-refractivity contribution in [2.75, 3.05) is 12.4 Å². The van der Waals surface area contributed by atoms with E-state index in [1.165, 1.54) is 0 Å². The molecule has 2 heterocycles. The van der Waals surface area contributed by atoms with Crippen LogP contribution in [0.4, 0.5) is 5.69 Å². The van der Waals surface area contributed by atoms with Crippen LogP contribution < -0.4 is 14.8 Å². The Bertz CT molecular complexity index is 1180. The largest absolute Gasteiger partial charge is 0.497 e. The molecule has 1 N–H and O–H groups in total. The average Bonchev–Trinajstić information content (AvgIpc) is 3.42. The second-order valence-electron chi connectivity index (χ2n) is 6.74. The maximum Gasteiger partial charge on any atom is 0.291 e. The van der Waals surface area contributed by atoms with Crippen molar-refractivity contribution >= 4 is 27.5 Å². The number of hydrogen-bond acceptors (Lipinski definition) is 5. The zero-order valence-corrected chi connectivity index (χ0v) is 18.3. The number of aromatic nitrogens is 2. The van der Waals surface area contributed by atoms with E-state index in [1.54, 1.807) is 31.5 Å². The molecule has 4 aromatic rings. The molecule has 4 rings (SSSR count). The van der Waals surface area contributed by atoms with Gasteiger partial charge in [0.15, 0.2) is 5.76 Å². The number of benzene rings is 2. The van der Waals surface area contributed by atoms with E-state index in [0.717, 1.165) is 10.0 Å². The second kappa shape index (κ2) is 9.53. The number of ether oxygens (including phenoxy) is 2. The van der Waals surface area contributed by atoms with Gasteiger partial charge < -0.3 is 19.2 Å². The van der Waals surface area contributed by atoms with Crippen molar-refractivity contribution in [2.45, 2.75) is 13.2 Å². The minimum Gasteiger partial charge on any atom is -0.497 e. The number of amides is 1. The molecule has 31 heavy (non-hydrogen) atoms. The lowest BCUT2D eigenvalue weighted by Gasteiger charge is -2.07. The van der Waals surface area contributed by atoms with Crippen LogP contribution in [0, 0.1) is 0 Å². The Morgan fingerprint density at radius 3 is 2.77 bits per heavy atom. The van der Waals surface area contributed by atoms with E-state index in [4.69, 9.17) is 13.9 Å². The molecule has 0 bridgehead atoms. The molecule has 0 spiro atoms. The van der Waals surface area contributed by atoms with E-state index in [0.29, 0.717) is 29.5 Å². The standard InChI is InChI=1S/C23H20BrN3O4/c1-29-19-6-3-7-20(11-19)30-15-21-8-9-22(31-21)23(28)26-18-5-2-4-16(10-18)13-27-14-17(24)12-25-27/h2-12,14H,13,15H2,1H3,(H,26,28). The van der Waals surface area contributed by atoms with Gasteiger partial charge >= 0.3 is 0 Å². The predicted molar refractivity (Wildman–Crippen MR) is 119 cm³/mol. The summed E-state index contributed by atoms with van der Waals surface area (Å²) in [6.07, 6.45) is 3.63. The van der Waals surface area contributed by atoms with Crippen molar-refractivity contribution in [2.24, 2.45) is 0 Å². The van der Waals surface area contributed by atoms with Crippen LogP contribution in [0.3, 0.4) is 0 Å². The van der Waals surface area contributed by atoms with Crippen LogP contribution in [0.1, 0.15) is 21.9 Å². The summed E-state index contributed by atoms with van der Waals surface area (Å²) in [5.74, 6) is 1.80. The summed E-state index contributed by atoms with van der Waals surface area (Å²) in [7, 11) is 1.60. The maximum atomic E-state index is 12.6. The predicted octanol–water partition coefficient (Wildman–Crippen LogP) is 5.13. The molecule has 0 saturated heterocycles. The van der Waals surface area contributed by atoms with E-state index in [2.05, 4.69) is 26.3 Å². The van der Waals surface area contributed by atoms with E-state index in [9.17, 15) is 4.79 Å². The molecule has 8 heteroatoms. The van der Waals surface area contributed by atoms with E-state index < -0.39 is 0 Å². The smallest absolute Gasteiger partial charge is 0.291 e. The number of furan rings is 1. The van der Waals surface area contributed by atoms with Gasteiger partial charge in [0.05, 0.1) is 24.3 Å². The van der Waals surface area contributed by atoms with Crippen molar-refractivity contribution < 1.29 is 18.7 Å². The highest BCUT2D eigenvalue weighted by Crippen LogP contribution is 2.21. The Morgan fingerprint density at radius 1 is 1.13 bits per heavy atom. The molecule has 0 saturated carbocycles. The summed E-state index contributed by atoms with van der Waals surface area (Å²) < 4.78 is 19.2. The molecule has 0 aliphatic heterocycles. The lowest BCUT2D eigenvalue weighted by atomic mass is 10.2. The molecule has 1 amide bonds. The number of hydrogen-bond donors (Lipinski definition) is 1. The minimum atomic E-state index is -0.327. The van der Waals surface area contributed by atoms with Gasteiger partial charge in [-0.1, -0.05) is 18.2 Å². The second-order valence-corrected chi connectivity index (χ2v) is 7.66. The third-order valence-corrected chi connectivity index (χ3v) is 4.85. The summed E-state index contributed by atoms with van der Waals surface area (Å²) in [6.45, 7) is 0.803. The number of halogens is 1. The molecular formula is C23H20BrN3O4. The average molecular weight is 482 g/mol. The monoisotopic (exact) mass is 481 g/mol. The Morgan fingerprint density at radius 2 is 1.97 bits per heavy atom. The number of rotatable bonds is 8. The molecule has 2 aromatic carbocycles. The zero-order valence-electron chi connectivity index (χ0n) is 16.7. The van der Waals surface area contributed by atoms with E-state index >= 15 is 0 Å². The molecule has 158 valence electrons. The minimum absolute atomic E-state index is 0.204. The molecule has 7 nitrogen and oxygen atoms in total. The number of methoxy groups -OCH3 is 1. The van der Waals surface area contributed by atoms with Gasteiger partial charge in [-0.15, -0.1) is 0 Å². The lowest BCUT2D eigenvalue weighted by Crippen LogP contribution is -2.11. The van der Waals surface area contributed by atoms with Crippen LogP contribution in [-0.4, -0.2) is 22.8 Å². The number of nitrogens with zero attached hydrogens (tertiary/aromatic N) is 2. The van der Waals surface area contributed by atoms with E-state index in [1.807, 2.05) is 53.3 Å². The maximum absolute atomic E-state index is 12.6. The third kappa shape index (κ3) is 5.55. The van der Waals surface area contributed by atoms with E-state index in [-0.39, 0.29) is 18.3 Å². The van der Waals surface area contributed by atoms with Crippen molar-refractivity contribution in [1.82, 2.24) is 9.78 Å². The van der Waals surface area contributed by atoms with Crippen molar-refractivity contribution in [3.8, 4) is 11.5 Å². The first-order valence-electron chi connectivity index (χ1n) is 9.53. The Hall–Kier alpha value is -3.52. The number of nitrogens with one attached hydrogen (secondary N) is 1. The number of carbonyl (C=O) groups excluding carboxylic acids is 1. The summed E-state index contributed by atoms with van der Waals surface area (Å²) in [5.41, 5.74) is 1.69. The van der Waals surface area contributed by atoms with Crippen LogP contribution in [0.15, 0.2) is 81.9 Å². The Kier molecular flexibility index (Phi) is 6.37. The fourth-order valence-electron chi connectivity index (χ4n) is 2.97. The fourth-order valence-corrected chi connectivity index (χ4v) is 3.30. The highest BCUT2D eigenvalue weighted by Gasteiger charge is 2.12. The van der Waals surface area contributed by atoms with Crippen LogP contribution >= 0.6 is 15.9 Å². The highest BCUT2D eigenvalue weighted by molar-refractivity contribution is 9.10. The first kappa shape index (κ1) is 20.7. The molecule has 2 aromatic heterocycles. The first-order valence-corrected chi connectivity index (χ1v) is 10.3. The highest BCUT2D eigenvalue weighted by atomic mass is 79.9. The fraction of sp³-hybridized carbons (Fsp3) is 0.130. The SMILES string of the molecule is COc1cccc(OCc2ccc(C(=O)Nc3cccc(Cn4cc(Br)cn4)c3)o2)c1. The number of carbonyl (C=O) groups is 1. The summed E-state index contributed by atoms with van der Waals surface area (Å²) >= 11 is 3.39. The Labute approximate surface area is 187 Å². The summed E-state index contributed by atoms with van der Waals surface area (Å²) in [6, 6.07) is 18.2. The molecule has 0 aliphatic rings. The quantitative estimate of drug-likeness (QED) is 0.377. The lowest BCUT2D eigenvalue weighted by molar-refractivity contribution is 0.0992. The van der Waals surface area contributed by atoms with Gasteiger partial charge in [-0.2, -0.15) is 5.10 Å². The van der Waals surface area contributed by atoms with Gasteiger partial charge in [0, 0.05) is 18.0 Å². The van der Waals surface area contributed by atoms with Crippen molar-refractivity contribution in [3.63, 3.8) is 0 Å². The normalized spacial score (nSPS) is 10.6. The summed E-state index contributed by atoms with van der Waals surface area (Å²) in [5, 5.41) is 7.11. The number of anilines is 1. The topological polar surface area (TPSA) is 78.5 Å². The van der Waals surface area contributed by atoms with Gasteiger partial charge in [-0.25, -0.2) is 0 Å². The first-order chi connectivity index (χ1) is 15.1. The van der Waals surface area contributed by atoms with Crippen molar-refractivity contribution in [3.05, 3.63) is 94.6 Å². The van der Waals surface area contributed by atoms with Gasteiger partial charge in [0.1, 0.15) is 23.9 Å². The van der Waals surface area contributed by atoms with Gasteiger partial charge in [-0.05, 0) is 57.9 Å². The van der Waals surface area contributed by atoms with Crippen molar-refractivity contribution in [1.29, 1.82) is 0 Å². The van der Waals surface area contributed by atoms with Gasteiger partial charge in [-0.3, -0.25) is 9.48 Å². The van der Waals surface area contributed by atoms with Crippen LogP contribution in [0.25, 0.3) is 0 Å². The Balaban J connectivity index is 1.36. The molecule has 0 aliphatic carbocycles.